The van der Waals surface area contributed by atoms with E-state index in [4.69, 9.17) is 5.11 Å². The van der Waals surface area contributed by atoms with Crippen molar-refractivity contribution in [2.75, 3.05) is 11.4 Å². The van der Waals surface area contributed by atoms with Crippen LogP contribution in [0.15, 0.2) is 18.3 Å². The van der Waals surface area contributed by atoms with Gasteiger partial charge in [0.2, 0.25) is 5.91 Å². The zero-order valence-electron chi connectivity index (χ0n) is 8.33. The van der Waals surface area contributed by atoms with Crippen LogP contribution in [0.2, 0.25) is 0 Å². The van der Waals surface area contributed by atoms with Crippen molar-refractivity contribution in [3.63, 3.8) is 0 Å². The summed E-state index contributed by atoms with van der Waals surface area (Å²) in [5.41, 5.74) is 0.502. The molecule has 1 aliphatic rings. The van der Waals surface area contributed by atoms with Crippen LogP contribution < -0.4 is 4.90 Å². The van der Waals surface area contributed by atoms with E-state index in [-0.39, 0.29) is 16.9 Å². The summed E-state index contributed by atoms with van der Waals surface area (Å²) in [6, 6.07) is 3.02. The van der Waals surface area contributed by atoms with Crippen LogP contribution in [-0.4, -0.2) is 33.8 Å². The summed E-state index contributed by atoms with van der Waals surface area (Å²) in [4.78, 5) is 27.5. The Kier molecular flexibility index (Phi) is 2.82. The number of carboxylic acids is 1. The Morgan fingerprint density at radius 1 is 1.62 bits per heavy atom. The largest absolute Gasteiger partial charge is 0.477 e. The fraction of sp³-hybridized carbons (Fsp3) is 0.300. The molecule has 0 radical (unpaired) electrons. The van der Waals surface area contributed by atoms with Crippen LogP contribution in [-0.2, 0) is 4.79 Å². The summed E-state index contributed by atoms with van der Waals surface area (Å²) in [5.74, 6) is -1.14. The minimum atomic E-state index is -1.10. The van der Waals surface area contributed by atoms with E-state index in [2.05, 4.69) is 17.6 Å². The zero-order valence-corrected chi connectivity index (χ0v) is 9.22. The van der Waals surface area contributed by atoms with E-state index in [1.807, 2.05) is 0 Å². The summed E-state index contributed by atoms with van der Waals surface area (Å²) < 4.78 is 0. The highest BCUT2D eigenvalue weighted by Gasteiger charge is 2.28. The van der Waals surface area contributed by atoms with Gasteiger partial charge in [0.25, 0.3) is 0 Å². The second kappa shape index (κ2) is 4.13. The molecule has 0 spiro atoms. The van der Waals surface area contributed by atoms with Crippen molar-refractivity contribution in [1.82, 2.24) is 4.98 Å². The fourth-order valence-electron chi connectivity index (χ4n) is 1.64. The quantitative estimate of drug-likeness (QED) is 0.748. The lowest BCUT2D eigenvalue weighted by molar-refractivity contribution is -0.117. The van der Waals surface area contributed by atoms with Gasteiger partial charge in [0.1, 0.15) is 5.69 Å². The van der Waals surface area contributed by atoms with Crippen molar-refractivity contribution in [2.24, 2.45) is 0 Å². The van der Waals surface area contributed by atoms with E-state index in [1.54, 1.807) is 6.07 Å². The third-order valence-corrected chi connectivity index (χ3v) is 2.72. The maximum Gasteiger partial charge on any atom is 0.354 e. The first-order chi connectivity index (χ1) is 7.58. The van der Waals surface area contributed by atoms with Gasteiger partial charge in [-0.05, 0) is 12.1 Å². The van der Waals surface area contributed by atoms with Crippen molar-refractivity contribution < 1.29 is 14.7 Å². The van der Waals surface area contributed by atoms with E-state index in [0.29, 0.717) is 18.7 Å². The lowest BCUT2D eigenvalue weighted by Gasteiger charge is -2.15. The molecule has 0 bridgehead atoms. The first kappa shape index (κ1) is 10.9. The average Bonchev–Trinajstić information content (AvgIpc) is 2.58. The van der Waals surface area contributed by atoms with E-state index >= 15 is 0 Å². The van der Waals surface area contributed by atoms with E-state index in [9.17, 15) is 9.59 Å². The van der Waals surface area contributed by atoms with Gasteiger partial charge >= 0.3 is 5.97 Å². The number of hydrogen-bond donors (Lipinski definition) is 2. The Hall–Kier alpha value is -1.56. The maximum atomic E-state index is 11.6. The van der Waals surface area contributed by atoms with E-state index < -0.39 is 5.97 Å². The number of carboxylic acid groups (broad SMARTS) is 1. The third-order valence-electron chi connectivity index (χ3n) is 2.38. The SMILES string of the molecule is O=C(O)c1cc(N2CC(S)CC2=O)ccn1. The van der Waals surface area contributed by atoms with Crippen molar-refractivity contribution in [2.45, 2.75) is 11.7 Å². The minimum absolute atomic E-state index is 0.00828. The first-order valence-electron chi connectivity index (χ1n) is 4.75. The number of anilines is 1. The van der Waals surface area contributed by atoms with Crippen LogP contribution in [0.3, 0.4) is 0 Å². The second-order valence-electron chi connectivity index (χ2n) is 3.57. The topological polar surface area (TPSA) is 70.5 Å². The smallest absolute Gasteiger partial charge is 0.354 e. The lowest BCUT2D eigenvalue weighted by Crippen LogP contribution is -2.25. The molecule has 1 N–H and O–H groups in total. The van der Waals surface area contributed by atoms with Crippen LogP contribution in [0.25, 0.3) is 0 Å². The van der Waals surface area contributed by atoms with Crippen molar-refractivity contribution in [3.8, 4) is 0 Å². The zero-order chi connectivity index (χ0) is 11.7. The molecular weight excluding hydrogens is 228 g/mol. The summed E-state index contributed by atoms with van der Waals surface area (Å²) in [6.07, 6.45) is 1.77. The number of carbonyl (C=O) groups excluding carboxylic acids is 1. The van der Waals surface area contributed by atoms with Gasteiger partial charge in [-0.1, -0.05) is 0 Å². The summed E-state index contributed by atoms with van der Waals surface area (Å²) in [5, 5.41) is 8.80. The molecule has 5 nitrogen and oxygen atoms in total. The molecule has 2 heterocycles. The number of thiol groups is 1. The van der Waals surface area contributed by atoms with Crippen LogP contribution in [0.5, 0.6) is 0 Å². The molecule has 6 heteroatoms. The predicted molar refractivity (Wildman–Crippen MR) is 60.9 cm³/mol. The monoisotopic (exact) mass is 238 g/mol. The molecule has 84 valence electrons. The molecule has 2 rings (SSSR count). The molecule has 16 heavy (non-hydrogen) atoms. The van der Waals surface area contributed by atoms with Crippen molar-refractivity contribution in [1.29, 1.82) is 0 Å². The molecule has 1 aromatic rings. The number of carbonyl (C=O) groups is 2. The normalized spacial score (nSPS) is 20.2. The average molecular weight is 238 g/mol. The Bertz CT molecular complexity index is 449. The predicted octanol–water partition coefficient (Wildman–Crippen LogP) is 0.815. The van der Waals surface area contributed by atoms with Gasteiger partial charge in [-0.15, -0.1) is 0 Å². The second-order valence-corrected chi connectivity index (χ2v) is 4.30. The minimum Gasteiger partial charge on any atom is -0.477 e. The van der Waals surface area contributed by atoms with Gasteiger partial charge in [-0.3, -0.25) is 4.79 Å². The highest BCUT2D eigenvalue weighted by Crippen LogP contribution is 2.23. The van der Waals surface area contributed by atoms with Gasteiger partial charge in [0.05, 0.1) is 0 Å². The number of aromatic nitrogens is 1. The third kappa shape index (κ3) is 2.01. The molecule has 0 aliphatic carbocycles. The molecule has 0 aromatic carbocycles. The number of nitrogens with zero attached hydrogens (tertiary/aromatic N) is 2. The van der Waals surface area contributed by atoms with Gasteiger partial charge in [0.15, 0.2) is 0 Å². The van der Waals surface area contributed by atoms with Crippen LogP contribution in [0.1, 0.15) is 16.9 Å². The van der Waals surface area contributed by atoms with Gasteiger partial charge < -0.3 is 10.0 Å². The Labute approximate surface area is 97.5 Å². The maximum absolute atomic E-state index is 11.6. The number of hydrogen-bond acceptors (Lipinski definition) is 4. The van der Waals surface area contributed by atoms with Gasteiger partial charge in [-0.25, -0.2) is 9.78 Å². The van der Waals surface area contributed by atoms with Crippen LogP contribution >= 0.6 is 12.6 Å². The molecule has 1 amide bonds. The molecule has 0 saturated carbocycles. The highest BCUT2D eigenvalue weighted by atomic mass is 32.1. The highest BCUT2D eigenvalue weighted by molar-refractivity contribution is 7.81. The Morgan fingerprint density at radius 3 is 2.94 bits per heavy atom. The number of amides is 1. The van der Waals surface area contributed by atoms with E-state index in [0.717, 1.165) is 0 Å². The van der Waals surface area contributed by atoms with Crippen LogP contribution in [0, 0.1) is 0 Å². The number of pyridine rings is 1. The van der Waals surface area contributed by atoms with E-state index in [1.165, 1.54) is 17.2 Å². The van der Waals surface area contributed by atoms with Crippen LogP contribution in [0.4, 0.5) is 5.69 Å². The number of rotatable bonds is 2. The molecule has 1 atom stereocenters. The molecule has 1 aliphatic heterocycles. The molecule has 1 fully saturated rings. The van der Waals surface area contributed by atoms with Crippen molar-refractivity contribution in [3.05, 3.63) is 24.0 Å². The summed E-state index contributed by atoms with van der Waals surface area (Å²) in [6.45, 7) is 0.505. The Balaban J connectivity index is 2.30. The number of aromatic carboxylic acids is 1. The molecule has 1 aromatic heterocycles. The van der Waals surface area contributed by atoms with Gasteiger partial charge in [-0.2, -0.15) is 12.6 Å². The molecule has 1 unspecified atom stereocenters. The fourth-order valence-corrected chi connectivity index (χ4v) is 1.96. The van der Waals surface area contributed by atoms with Gasteiger partial charge in [0, 0.05) is 30.1 Å². The molecular formula is C10H10N2O3S. The summed E-state index contributed by atoms with van der Waals surface area (Å²) in [7, 11) is 0. The summed E-state index contributed by atoms with van der Waals surface area (Å²) >= 11 is 4.23. The standard InChI is InChI=1S/C10H10N2O3S/c13-9-4-7(16)5-12(9)6-1-2-11-8(3-6)10(14)15/h1-3,7,16H,4-5H2,(H,14,15). The first-order valence-corrected chi connectivity index (χ1v) is 5.27. The molecule has 1 saturated heterocycles. The lowest BCUT2D eigenvalue weighted by atomic mass is 10.3. The Morgan fingerprint density at radius 2 is 2.38 bits per heavy atom. The van der Waals surface area contributed by atoms with Crippen molar-refractivity contribution >= 4 is 30.2 Å².